The average molecular weight is 421 g/mol. The number of hydrogen-bond acceptors (Lipinski definition) is 4. The molecule has 0 spiro atoms. The van der Waals surface area contributed by atoms with E-state index in [9.17, 15) is 14.7 Å². The molecular formula is C23H36N2O3S. The number of carboxylic acids is 1. The van der Waals surface area contributed by atoms with Crippen LogP contribution >= 0.6 is 11.3 Å². The highest BCUT2D eigenvalue weighted by atomic mass is 32.1. The molecule has 162 valence electrons. The van der Waals surface area contributed by atoms with E-state index in [2.05, 4.69) is 39.6 Å². The lowest BCUT2D eigenvalue weighted by molar-refractivity contribution is -0.124. The number of thiophene rings is 1. The Morgan fingerprint density at radius 1 is 1.10 bits per heavy atom. The van der Waals surface area contributed by atoms with E-state index in [1.165, 1.54) is 11.3 Å². The Balaban J connectivity index is 2.00. The molecule has 0 atom stereocenters. The number of rotatable bonds is 4. The SMILES string of the molecule is CC1CCC(C(=O)N(c2cc(C(C)(C)C)sc2C(=O)O)C2CCN(C)CC2)CC1. The summed E-state index contributed by atoms with van der Waals surface area (Å²) in [4.78, 5) is 31.4. The maximum absolute atomic E-state index is 13.7. The second-order valence-corrected chi connectivity index (χ2v) is 11.1. The van der Waals surface area contributed by atoms with Crippen LogP contribution in [0.15, 0.2) is 6.07 Å². The van der Waals surface area contributed by atoms with Gasteiger partial charge < -0.3 is 14.9 Å². The second kappa shape index (κ2) is 8.76. The Bertz CT molecular complexity index is 736. The highest BCUT2D eigenvalue weighted by molar-refractivity contribution is 7.14. The van der Waals surface area contributed by atoms with Gasteiger partial charge in [-0.3, -0.25) is 4.79 Å². The quantitative estimate of drug-likeness (QED) is 0.745. The zero-order chi connectivity index (χ0) is 21.3. The average Bonchev–Trinajstić information content (AvgIpc) is 3.10. The van der Waals surface area contributed by atoms with Gasteiger partial charge in [-0.1, -0.05) is 27.7 Å². The maximum atomic E-state index is 13.7. The van der Waals surface area contributed by atoms with Crippen molar-refractivity contribution in [2.45, 2.75) is 77.7 Å². The van der Waals surface area contributed by atoms with Crippen LogP contribution < -0.4 is 4.90 Å². The molecule has 29 heavy (non-hydrogen) atoms. The van der Waals surface area contributed by atoms with Gasteiger partial charge >= 0.3 is 5.97 Å². The van der Waals surface area contributed by atoms with Gasteiger partial charge in [0.1, 0.15) is 4.88 Å². The lowest BCUT2D eigenvalue weighted by Gasteiger charge is -2.39. The van der Waals surface area contributed by atoms with Crippen molar-refractivity contribution in [2.75, 3.05) is 25.0 Å². The summed E-state index contributed by atoms with van der Waals surface area (Å²) >= 11 is 1.33. The summed E-state index contributed by atoms with van der Waals surface area (Å²) in [6.45, 7) is 10.4. The lowest BCUT2D eigenvalue weighted by atomic mass is 9.82. The highest BCUT2D eigenvalue weighted by Crippen LogP contribution is 2.41. The van der Waals surface area contributed by atoms with Crippen molar-refractivity contribution in [3.63, 3.8) is 0 Å². The number of amides is 1. The van der Waals surface area contributed by atoms with Gasteiger partial charge in [-0.15, -0.1) is 11.3 Å². The lowest BCUT2D eigenvalue weighted by Crippen LogP contribution is -2.49. The van der Waals surface area contributed by atoms with Gasteiger partial charge in [-0.05, 0) is 76.1 Å². The summed E-state index contributed by atoms with van der Waals surface area (Å²) in [7, 11) is 2.11. The van der Waals surface area contributed by atoms with Crippen LogP contribution in [0.2, 0.25) is 0 Å². The summed E-state index contributed by atoms with van der Waals surface area (Å²) < 4.78 is 0. The number of anilines is 1. The number of carbonyl (C=O) groups is 2. The molecule has 0 unspecified atom stereocenters. The van der Waals surface area contributed by atoms with E-state index in [1.807, 2.05) is 11.0 Å². The Hall–Kier alpha value is -1.40. The third-order valence-electron chi connectivity index (χ3n) is 6.56. The molecule has 1 aliphatic carbocycles. The van der Waals surface area contributed by atoms with Crippen LogP contribution in [-0.2, 0) is 10.2 Å². The number of nitrogens with zero attached hydrogens (tertiary/aromatic N) is 2. The van der Waals surface area contributed by atoms with Gasteiger partial charge in [0, 0.05) is 16.8 Å². The number of hydrogen-bond donors (Lipinski definition) is 1. The van der Waals surface area contributed by atoms with Crippen molar-refractivity contribution in [1.29, 1.82) is 0 Å². The molecule has 0 bridgehead atoms. The summed E-state index contributed by atoms with van der Waals surface area (Å²) in [6, 6.07) is 2.06. The molecule has 1 N–H and O–H groups in total. The Morgan fingerprint density at radius 3 is 2.21 bits per heavy atom. The molecule has 5 nitrogen and oxygen atoms in total. The molecule has 1 saturated carbocycles. The van der Waals surface area contributed by atoms with Crippen LogP contribution in [0.5, 0.6) is 0 Å². The second-order valence-electron chi connectivity index (χ2n) is 10.1. The molecule has 1 saturated heterocycles. The largest absolute Gasteiger partial charge is 0.477 e. The van der Waals surface area contributed by atoms with Crippen LogP contribution in [0.4, 0.5) is 5.69 Å². The third kappa shape index (κ3) is 5.02. The molecule has 2 fully saturated rings. The van der Waals surface area contributed by atoms with Crippen LogP contribution in [0.1, 0.15) is 80.8 Å². The van der Waals surface area contributed by atoms with Crippen LogP contribution in [0, 0.1) is 11.8 Å². The fourth-order valence-electron chi connectivity index (χ4n) is 4.54. The molecule has 1 aliphatic heterocycles. The van der Waals surface area contributed by atoms with Gasteiger partial charge in [0.15, 0.2) is 0 Å². The van der Waals surface area contributed by atoms with E-state index >= 15 is 0 Å². The van der Waals surface area contributed by atoms with E-state index in [1.54, 1.807) is 0 Å². The molecule has 3 rings (SSSR count). The molecule has 6 heteroatoms. The Kier molecular flexibility index (Phi) is 6.74. The van der Waals surface area contributed by atoms with Crippen molar-refractivity contribution in [3.05, 3.63) is 15.8 Å². The maximum Gasteiger partial charge on any atom is 0.348 e. The zero-order valence-electron chi connectivity index (χ0n) is 18.5. The molecule has 2 heterocycles. The smallest absolute Gasteiger partial charge is 0.348 e. The first-order chi connectivity index (χ1) is 13.6. The van der Waals surface area contributed by atoms with Crippen molar-refractivity contribution in [2.24, 2.45) is 11.8 Å². The van der Waals surface area contributed by atoms with E-state index in [4.69, 9.17) is 0 Å². The highest BCUT2D eigenvalue weighted by Gasteiger charge is 2.37. The van der Waals surface area contributed by atoms with Crippen molar-refractivity contribution < 1.29 is 14.7 Å². The predicted octanol–water partition coefficient (Wildman–Crippen LogP) is 5.00. The van der Waals surface area contributed by atoms with E-state index in [0.717, 1.165) is 56.5 Å². The molecular weight excluding hydrogens is 384 g/mol. The number of piperidine rings is 1. The van der Waals surface area contributed by atoms with E-state index < -0.39 is 5.97 Å². The molecule has 0 radical (unpaired) electrons. The first-order valence-electron chi connectivity index (χ1n) is 11.0. The van der Waals surface area contributed by atoms with Gasteiger partial charge in [0.05, 0.1) is 5.69 Å². The van der Waals surface area contributed by atoms with Crippen LogP contribution in [-0.4, -0.2) is 48.1 Å². The minimum absolute atomic E-state index is 0.0190. The Morgan fingerprint density at radius 2 is 1.69 bits per heavy atom. The minimum Gasteiger partial charge on any atom is -0.477 e. The molecule has 1 amide bonds. The summed E-state index contributed by atoms with van der Waals surface area (Å²) in [6.07, 6.45) is 5.79. The molecule has 1 aromatic rings. The number of carbonyl (C=O) groups excluding carboxylic acids is 1. The fraction of sp³-hybridized carbons (Fsp3) is 0.739. The van der Waals surface area contributed by atoms with E-state index in [-0.39, 0.29) is 23.3 Å². The zero-order valence-corrected chi connectivity index (χ0v) is 19.3. The topological polar surface area (TPSA) is 60.9 Å². The van der Waals surface area contributed by atoms with Crippen LogP contribution in [0.3, 0.4) is 0 Å². The predicted molar refractivity (Wildman–Crippen MR) is 119 cm³/mol. The van der Waals surface area contributed by atoms with Crippen molar-refractivity contribution in [3.8, 4) is 0 Å². The van der Waals surface area contributed by atoms with Gasteiger partial charge in [0.2, 0.25) is 5.91 Å². The number of carboxylic acid groups (broad SMARTS) is 1. The summed E-state index contributed by atoms with van der Waals surface area (Å²) in [5.41, 5.74) is 0.486. The van der Waals surface area contributed by atoms with Crippen molar-refractivity contribution in [1.82, 2.24) is 4.90 Å². The van der Waals surface area contributed by atoms with Crippen LogP contribution in [0.25, 0.3) is 0 Å². The van der Waals surface area contributed by atoms with Gasteiger partial charge in [-0.2, -0.15) is 0 Å². The third-order valence-corrected chi connectivity index (χ3v) is 8.10. The summed E-state index contributed by atoms with van der Waals surface area (Å²) in [5, 5.41) is 9.93. The fourth-order valence-corrected chi connectivity index (χ4v) is 5.58. The van der Waals surface area contributed by atoms with Crippen molar-refractivity contribution >= 4 is 28.9 Å². The first kappa shape index (κ1) is 22.3. The monoisotopic (exact) mass is 420 g/mol. The van der Waals surface area contributed by atoms with Gasteiger partial charge in [0.25, 0.3) is 0 Å². The molecule has 1 aromatic heterocycles. The number of likely N-dealkylation sites (tertiary alicyclic amines) is 1. The first-order valence-corrected chi connectivity index (χ1v) is 11.8. The minimum atomic E-state index is -0.927. The van der Waals surface area contributed by atoms with Gasteiger partial charge in [-0.25, -0.2) is 4.79 Å². The van der Waals surface area contributed by atoms with E-state index in [0.29, 0.717) is 16.5 Å². The molecule has 0 aromatic carbocycles. The summed E-state index contributed by atoms with van der Waals surface area (Å²) in [5.74, 6) is -0.0831. The standard InChI is InChI=1S/C23H36N2O3S/c1-15-6-8-16(9-7-15)21(26)25(17-10-12-24(5)13-11-17)18-14-19(23(2,3)4)29-20(18)22(27)28/h14-17H,6-13H2,1-5H3,(H,27,28). The Labute approximate surface area is 179 Å². The number of aromatic carboxylic acids is 1. The normalized spacial score (nSPS) is 24.4. The molecule has 2 aliphatic rings.